The number of thiophene rings is 2. The molecule has 0 saturated heterocycles. The minimum absolute atomic E-state index is 0.0978. The number of carbonyl (C=O) groups excluding carboxylic acids is 6. The molecule has 0 N–H and O–H groups in total. The van der Waals surface area contributed by atoms with Gasteiger partial charge in [-0.2, -0.15) is 35.3 Å². The van der Waals surface area contributed by atoms with E-state index in [4.69, 9.17) is 23.2 Å². The van der Waals surface area contributed by atoms with Crippen molar-refractivity contribution in [2.24, 2.45) is 5.92 Å². The van der Waals surface area contributed by atoms with Crippen LogP contribution in [0.5, 0.6) is 11.5 Å². The van der Waals surface area contributed by atoms with E-state index in [1.807, 2.05) is 260 Å². The lowest BCUT2D eigenvalue weighted by atomic mass is 10.0. The highest BCUT2D eigenvalue weighted by Crippen LogP contribution is 2.31. The molecule has 17 aromatic rings. The van der Waals surface area contributed by atoms with E-state index in [-0.39, 0.29) is 40.5 Å². The number of aromatic nitrogens is 12. The van der Waals surface area contributed by atoms with Crippen molar-refractivity contribution >= 4 is 154 Å². The second kappa shape index (κ2) is 48.8. The van der Waals surface area contributed by atoms with E-state index in [1.165, 1.54) is 110 Å². The molecular formula is C106H82Cl2F6N12O8S2. The van der Waals surface area contributed by atoms with Crippen molar-refractivity contribution in [3.8, 4) is 11.5 Å². The van der Waals surface area contributed by atoms with Gasteiger partial charge in [-0.15, -0.1) is 49.0 Å². The third-order valence-corrected chi connectivity index (χ3v) is 22.1. The lowest BCUT2D eigenvalue weighted by Crippen LogP contribution is -2.21. The van der Waals surface area contributed by atoms with E-state index in [2.05, 4.69) is 40.1 Å². The van der Waals surface area contributed by atoms with Gasteiger partial charge in [0.15, 0.2) is 0 Å². The summed E-state index contributed by atoms with van der Waals surface area (Å²) in [7, 11) is 0. The molecule has 1 fully saturated rings. The number of nitrogens with zero attached hydrogens (tertiary/aromatic N) is 12. The molecule has 1 saturated carbocycles. The van der Waals surface area contributed by atoms with Gasteiger partial charge in [-0.05, 0) is 209 Å². The van der Waals surface area contributed by atoms with Gasteiger partial charge in [-0.3, -0.25) is 28.8 Å². The molecule has 30 heteroatoms. The molecule has 0 amide bonds. The zero-order valence-corrected chi connectivity index (χ0v) is 75.2. The van der Waals surface area contributed by atoms with Gasteiger partial charge >= 0.3 is 12.7 Å². The van der Waals surface area contributed by atoms with Crippen LogP contribution >= 0.6 is 45.9 Å². The Morgan fingerprint density at radius 2 is 0.706 bits per heavy atom. The number of alkyl halides is 6. The van der Waals surface area contributed by atoms with Crippen LogP contribution in [0.1, 0.15) is 155 Å². The number of ether oxygens (including phenoxy) is 2. The third-order valence-electron chi connectivity index (χ3n) is 19.8. The van der Waals surface area contributed by atoms with Gasteiger partial charge in [-0.1, -0.05) is 267 Å². The molecular weight excluding hydrogens is 1820 g/mol. The fraction of sp³-hybridized carbons (Fsp3) is 0.0755. The van der Waals surface area contributed by atoms with Crippen molar-refractivity contribution in [1.82, 2.24) is 58.7 Å². The quantitative estimate of drug-likeness (QED) is 0.0610. The molecule has 8 aromatic heterocycles. The maximum Gasteiger partial charge on any atom is 0.573 e. The van der Waals surface area contributed by atoms with E-state index in [1.54, 1.807) is 110 Å². The lowest BCUT2D eigenvalue weighted by molar-refractivity contribution is -0.275. The number of benzene rings is 9. The van der Waals surface area contributed by atoms with Crippen molar-refractivity contribution in [1.29, 1.82) is 0 Å². The summed E-state index contributed by atoms with van der Waals surface area (Å²) in [5.41, 5.74) is 10.7. The molecule has 0 bridgehead atoms. The molecule has 1 aliphatic rings. The van der Waals surface area contributed by atoms with E-state index in [0.29, 0.717) is 60.3 Å². The standard InChI is InChI=1S/2C19H13F3N2O2.C18H14N2O.C18H20N2O.C16H10Cl2N2OS.C16H12N2OS/c20-19(21,22)26-17-9-5-4-8-16(17)18(25)24-13-12-15(23-24)11-10-14-6-2-1-3-7-14;20-19(21,22)26-17-10-7-15(8-11-17)18(25)24-13-12-16(23-24)9-6-14-4-2-1-3-5-14;21-18(16-9-5-2-6-10-16)20-14-13-17(19-20)12-11-15-7-3-1-4-8-15;21-18(14-16-8-4-5-9-16)20-13-12-17(19-20)11-10-15-6-2-1-3-7-15;17-13-3-1-4-14(18)12(13)7-6-11-8-9-19-20(11)16(21)15-5-2-10-22-15;19-16(15-7-4-12-20-15)18-11-10-14(17-18)9-8-13-5-2-1-3-6-13/h2*1-13H;1-14H;1-3,6-7,10-13,16H,4-5,8-9,14H2;1-10H;1-12H/b11-10+;9-6+;12-11+;11-10+;7-6+;9-8+. The van der Waals surface area contributed by atoms with Gasteiger partial charge < -0.3 is 9.47 Å². The first-order valence-electron chi connectivity index (χ1n) is 42.2. The zero-order valence-electron chi connectivity index (χ0n) is 72.1. The first-order chi connectivity index (χ1) is 66.0. The Hall–Kier alpha value is -16.1. The first kappa shape index (κ1) is 97.4. The molecule has 18 rings (SSSR count). The monoisotopic (exact) mass is 1900 g/mol. The zero-order chi connectivity index (χ0) is 95.4. The molecule has 20 nitrogen and oxygen atoms in total. The van der Waals surface area contributed by atoms with Crippen molar-refractivity contribution in [2.45, 2.75) is 44.8 Å². The molecule has 1 aliphatic carbocycles. The normalized spacial score (nSPS) is 12.0. The number of carbonyl (C=O) groups is 6. The molecule has 9 aromatic carbocycles. The summed E-state index contributed by atoms with van der Waals surface area (Å²) in [5, 5.41) is 30.1. The Bertz CT molecular complexity index is 6930. The largest absolute Gasteiger partial charge is 0.573 e. The number of hydrogen-bond acceptors (Lipinski definition) is 16. The maximum absolute atomic E-state index is 12.5. The van der Waals surface area contributed by atoms with Crippen LogP contribution in [0.2, 0.25) is 10.0 Å². The summed E-state index contributed by atoms with van der Waals surface area (Å²) in [6.07, 6.45) is 27.9. The van der Waals surface area contributed by atoms with E-state index >= 15 is 0 Å². The Kier molecular flexibility index (Phi) is 35.0. The fourth-order valence-electron chi connectivity index (χ4n) is 13.1. The van der Waals surface area contributed by atoms with Gasteiger partial charge in [0.1, 0.15) is 11.5 Å². The predicted molar refractivity (Wildman–Crippen MR) is 523 cm³/mol. The summed E-state index contributed by atoms with van der Waals surface area (Å²) >= 11 is 15.1. The predicted octanol–water partition coefficient (Wildman–Crippen LogP) is 26.2. The summed E-state index contributed by atoms with van der Waals surface area (Å²) < 4.78 is 89.3. The van der Waals surface area contributed by atoms with Gasteiger partial charge in [0.2, 0.25) is 5.91 Å². The van der Waals surface area contributed by atoms with Crippen LogP contribution in [0.15, 0.2) is 357 Å². The summed E-state index contributed by atoms with van der Waals surface area (Å²) in [5.74, 6) is -1.85. The number of hydrogen-bond donors (Lipinski definition) is 0. The maximum atomic E-state index is 12.5. The fourth-order valence-corrected chi connectivity index (χ4v) is 14.9. The average molecular weight is 1900 g/mol. The minimum Gasteiger partial charge on any atom is -0.406 e. The number of para-hydroxylation sites is 1. The molecule has 0 unspecified atom stereocenters. The second-order valence-corrected chi connectivity index (χ2v) is 32.2. The second-order valence-electron chi connectivity index (χ2n) is 29.5. The smallest absolute Gasteiger partial charge is 0.406 e. The molecule has 682 valence electrons. The Morgan fingerprint density at radius 3 is 1.11 bits per heavy atom. The summed E-state index contributed by atoms with van der Waals surface area (Å²) in [4.78, 5) is 74.9. The highest BCUT2D eigenvalue weighted by molar-refractivity contribution is 7.12. The molecule has 0 spiro atoms. The van der Waals surface area contributed by atoms with Crippen LogP contribution < -0.4 is 9.47 Å². The SMILES string of the molecule is O=C(CC1CCCC1)n1ccc(/C=C/c2ccccc2)n1.O=C(c1ccc(OC(F)(F)F)cc1)n1ccc(/C=C/c2ccccc2)n1.O=C(c1ccccc1)n1ccc(/C=C/c2ccccc2)n1.O=C(c1ccccc1OC(F)(F)F)n1ccc(/C=C/c2ccccc2)n1.O=C(c1cccs1)n1ccc(/C=C/c2ccccc2)n1.O=C(c1cccs1)n1nccc1/C=C/c1c(Cl)cccc1Cl. The average Bonchev–Trinajstić information content (AvgIpc) is 1.54. The molecule has 0 aliphatic heterocycles. The first-order valence-corrected chi connectivity index (χ1v) is 44.7. The van der Waals surface area contributed by atoms with Crippen molar-refractivity contribution < 1.29 is 64.6 Å². The van der Waals surface area contributed by atoms with Crippen molar-refractivity contribution in [2.75, 3.05) is 0 Å². The van der Waals surface area contributed by atoms with Crippen LogP contribution in [0.25, 0.3) is 72.9 Å². The van der Waals surface area contributed by atoms with Crippen LogP contribution in [-0.2, 0) is 0 Å². The van der Waals surface area contributed by atoms with Crippen molar-refractivity contribution in [3.05, 3.63) is 461 Å². The highest BCUT2D eigenvalue weighted by Gasteiger charge is 2.34. The topological polar surface area (TPSA) is 228 Å². The Labute approximate surface area is 795 Å². The molecule has 8 heterocycles. The van der Waals surface area contributed by atoms with Crippen LogP contribution in [-0.4, -0.2) is 107 Å². The van der Waals surface area contributed by atoms with Gasteiger partial charge in [-0.25, -0.2) is 23.4 Å². The lowest BCUT2D eigenvalue weighted by Gasteiger charge is -2.12. The van der Waals surface area contributed by atoms with E-state index < -0.39 is 30.3 Å². The van der Waals surface area contributed by atoms with Crippen molar-refractivity contribution in [3.63, 3.8) is 0 Å². The number of halogens is 8. The minimum atomic E-state index is -4.88. The summed E-state index contributed by atoms with van der Waals surface area (Å²) in [6.45, 7) is 0. The van der Waals surface area contributed by atoms with E-state index in [9.17, 15) is 55.1 Å². The highest BCUT2D eigenvalue weighted by atomic mass is 35.5. The summed E-state index contributed by atoms with van der Waals surface area (Å²) in [6, 6.07) is 91.2. The molecule has 0 radical (unpaired) electrons. The van der Waals surface area contributed by atoms with Crippen LogP contribution in [0.4, 0.5) is 26.3 Å². The Morgan fingerprint density at radius 1 is 0.346 bits per heavy atom. The van der Waals surface area contributed by atoms with E-state index in [0.717, 1.165) is 72.5 Å². The molecule has 136 heavy (non-hydrogen) atoms. The van der Waals surface area contributed by atoms with Gasteiger partial charge in [0.25, 0.3) is 29.5 Å². The van der Waals surface area contributed by atoms with Crippen LogP contribution in [0, 0.1) is 5.92 Å². The van der Waals surface area contributed by atoms with Crippen LogP contribution in [0.3, 0.4) is 0 Å². The van der Waals surface area contributed by atoms with Gasteiger partial charge in [0, 0.05) is 64.1 Å². The Balaban J connectivity index is 0.000000138. The number of rotatable bonds is 21. The third kappa shape index (κ3) is 30.2. The molecule has 0 atom stereocenters. The van der Waals surface area contributed by atoms with Gasteiger partial charge in [0.05, 0.1) is 55.7 Å².